The van der Waals surface area contributed by atoms with Crippen LogP contribution in [0.3, 0.4) is 0 Å². The van der Waals surface area contributed by atoms with Crippen LogP contribution < -0.4 is 5.73 Å². The van der Waals surface area contributed by atoms with E-state index in [-0.39, 0.29) is 31.6 Å². The summed E-state index contributed by atoms with van der Waals surface area (Å²) in [4.78, 5) is 45.1. The monoisotopic (exact) mass is 721 g/mol. The van der Waals surface area contributed by atoms with Gasteiger partial charge in [0.25, 0.3) is 0 Å². The number of carbonyl (C=O) groups excluding carboxylic acids is 2. The molecular formula is C33H58N2O11PS+. The minimum Gasteiger partial charge on any atom is -0.481 e. The molecule has 0 aromatic rings. The lowest BCUT2D eigenvalue weighted by atomic mass is 10.1. The maximum Gasteiger partial charge on any atom is 0.472 e. The lowest BCUT2D eigenvalue weighted by Crippen LogP contribution is -2.40. The van der Waals surface area contributed by atoms with Gasteiger partial charge >= 0.3 is 25.7 Å². The Morgan fingerprint density at radius 3 is 2.33 bits per heavy atom. The number of likely N-dealkylation sites (N-methyl/N-ethyl adjacent to an activating group) is 1. The van der Waals surface area contributed by atoms with Crippen LogP contribution in [0.15, 0.2) is 48.6 Å². The summed E-state index contributed by atoms with van der Waals surface area (Å²) in [6.07, 6.45) is 19.2. The van der Waals surface area contributed by atoms with Gasteiger partial charge in [0.1, 0.15) is 25.8 Å². The Morgan fingerprint density at radius 1 is 0.979 bits per heavy atom. The molecule has 0 aromatic carbocycles. The number of nitrogens with two attached hydrogens (primary N) is 1. The van der Waals surface area contributed by atoms with Gasteiger partial charge in [-0.1, -0.05) is 68.4 Å². The average Bonchev–Trinajstić information content (AvgIpc) is 2.99. The molecule has 5 atom stereocenters. The molecule has 0 aromatic heterocycles. The number of aliphatic carboxylic acids is 1. The summed E-state index contributed by atoms with van der Waals surface area (Å²) in [5, 5.41) is 19.2. The van der Waals surface area contributed by atoms with Crippen molar-refractivity contribution in [2.45, 2.75) is 88.7 Å². The van der Waals surface area contributed by atoms with Crippen LogP contribution in [0.5, 0.6) is 0 Å². The molecule has 0 amide bonds. The number of nitrogens with zero attached hydrogens (tertiary/aromatic N) is 1. The van der Waals surface area contributed by atoms with E-state index in [0.717, 1.165) is 19.8 Å². The highest BCUT2D eigenvalue weighted by Crippen LogP contribution is 2.43. The molecule has 0 heterocycles. The van der Waals surface area contributed by atoms with Crippen LogP contribution in [0.2, 0.25) is 0 Å². The first-order chi connectivity index (χ1) is 22.6. The van der Waals surface area contributed by atoms with E-state index in [2.05, 4.69) is 19.1 Å². The molecule has 276 valence electrons. The number of carbonyl (C=O) groups is 3. The zero-order valence-corrected chi connectivity index (χ0v) is 30.8. The molecule has 0 spiro atoms. The minimum atomic E-state index is -4.49. The van der Waals surface area contributed by atoms with Crippen molar-refractivity contribution in [2.24, 2.45) is 5.73 Å². The number of rotatable bonds is 28. The zero-order chi connectivity index (χ0) is 36.4. The SMILES string of the molecule is CCCCC/C=C\C\C=C/C=C/C=C/[C@@H](SC[C@H](N)C(=O)O[C@H](COC(C)=O)COP(=O)(O)OCC[N+](C)(C)C)[C@@H](O)CCCC(=O)O. The van der Waals surface area contributed by atoms with E-state index in [1.54, 1.807) is 18.2 Å². The van der Waals surface area contributed by atoms with Crippen LogP contribution >= 0.6 is 19.6 Å². The standard InChI is InChI=1S/C33H57N2O11PS/c1-6-7-8-9-10-11-12-13-14-15-16-17-20-31(30(37)19-18-21-32(38)39)48-26-29(34)33(40)46-28(24-43-27(2)36)25-45-47(41,42)44-23-22-35(3,4)5/h10-11,13-17,20,28-31,37H,6-9,12,18-19,21-26,34H2,1-5H3,(H-,38,39,41,42)/p+1/b11-10-,14-13-,16-15+,20-17+/t28-,29+,30+,31-/m1/s1. The number of esters is 2. The van der Waals surface area contributed by atoms with Crippen molar-refractivity contribution < 1.29 is 57.1 Å². The summed E-state index contributed by atoms with van der Waals surface area (Å²) in [7, 11) is 1.16. The molecule has 0 aliphatic rings. The molecule has 0 fully saturated rings. The first-order valence-corrected chi connectivity index (χ1v) is 18.8. The van der Waals surface area contributed by atoms with Gasteiger partial charge < -0.3 is 34.8 Å². The van der Waals surface area contributed by atoms with Crippen molar-refractivity contribution in [1.29, 1.82) is 0 Å². The molecule has 15 heteroatoms. The van der Waals surface area contributed by atoms with Crippen molar-refractivity contribution >= 4 is 37.5 Å². The number of aliphatic hydroxyl groups is 1. The number of aliphatic hydroxyl groups excluding tert-OH is 1. The summed E-state index contributed by atoms with van der Waals surface area (Å²) in [6.45, 7) is 2.67. The van der Waals surface area contributed by atoms with Crippen LogP contribution in [0.1, 0.15) is 65.2 Å². The molecule has 1 unspecified atom stereocenters. The third kappa shape index (κ3) is 27.6. The molecule has 0 saturated carbocycles. The van der Waals surface area contributed by atoms with Gasteiger partial charge in [-0.05, 0) is 32.1 Å². The fraction of sp³-hybridized carbons (Fsp3) is 0.667. The number of carboxylic acid groups (broad SMARTS) is 1. The van der Waals surface area contributed by atoms with E-state index >= 15 is 0 Å². The summed E-state index contributed by atoms with van der Waals surface area (Å²) in [6, 6.07) is -1.17. The summed E-state index contributed by atoms with van der Waals surface area (Å²) in [5.41, 5.74) is 6.08. The number of carboxylic acids is 1. The van der Waals surface area contributed by atoms with Gasteiger partial charge in [-0.2, -0.15) is 0 Å². The van der Waals surface area contributed by atoms with Gasteiger partial charge in [0, 0.05) is 24.3 Å². The molecule has 0 saturated heterocycles. The quantitative estimate of drug-likeness (QED) is 0.0220. The molecule has 0 aliphatic heterocycles. The predicted octanol–water partition coefficient (Wildman–Crippen LogP) is 4.54. The maximum atomic E-state index is 12.8. The lowest BCUT2D eigenvalue weighted by Gasteiger charge is -2.25. The molecule has 0 aliphatic carbocycles. The third-order valence-electron chi connectivity index (χ3n) is 6.42. The van der Waals surface area contributed by atoms with Crippen molar-refractivity contribution in [3.63, 3.8) is 0 Å². The van der Waals surface area contributed by atoms with Gasteiger partial charge in [-0.3, -0.25) is 23.4 Å². The number of thioether (sulfide) groups is 1. The van der Waals surface area contributed by atoms with Crippen molar-refractivity contribution in [1.82, 2.24) is 0 Å². The van der Waals surface area contributed by atoms with Crippen LogP contribution in [0, 0.1) is 0 Å². The Morgan fingerprint density at radius 2 is 1.69 bits per heavy atom. The number of hydrogen-bond acceptors (Lipinski definition) is 11. The molecule has 5 N–H and O–H groups in total. The Kier molecular flexibility index (Phi) is 25.3. The Labute approximate surface area is 290 Å². The molecular weight excluding hydrogens is 663 g/mol. The molecule has 48 heavy (non-hydrogen) atoms. The molecule has 0 rings (SSSR count). The lowest BCUT2D eigenvalue weighted by molar-refractivity contribution is -0.870. The zero-order valence-electron chi connectivity index (χ0n) is 29.1. The normalized spacial score (nSPS) is 16.3. The van der Waals surface area contributed by atoms with E-state index in [4.69, 9.17) is 29.4 Å². The smallest absolute Gasteiger partial charge is 0.472 e. The second-order valence-electron chi connectivity index (χ2n) is 12.1. The van der Waals surface area contributed by atoms with Gasteiger partial charge in [0.2, 0.25) is 0 Å². The van der Waals surface area contributed by atoms with Gasteiger partial charge in [-0.15, -0.1) is 11.8 Å². The van der Waals surface area contributed by atoms with Crippen LogP contribution in [0.25, 0.3) is 0 Å². The number of ether oxygens (including phenoxy) is 2. The first kappa shape index (κ1) is 45.7. The first-order valence-electron chi connectivity index (χ1n) is 16.2. The minimum absolute atomic E-state index is 0.0197. The number of hydrogen-bond donors (Lipinski definition) is 4. The Bertz CT molecular complexity index is 1090. The number of quaternary nitrogens is 1. The van der Waals surface area contributed by atoms with Crippen LogP contribution in [-0.4, -0.2) is 114 Å². The maximum absolute atomic E-state index is 12.8. The molecule has 0 radical (unpaired) electrons. The highest BCUT2D eigenvalue weighted by Gasteiger charge is 2.29. The van der Waals surface area contributed by atoms with E-state index < -0.39 is 62.4 Å². The van der Waals surface area contributed by atoms with Crippen molar-refractivity contribution in [3.8, 4) is 0 Å². The highest BCUT2D eigenvalue weighted by atomic mass is 32.2. The second-order valence-corrected chi connectivity index (χ2v) is 14.8. The van der Waals surface area contributed by atoms with E-state index in [1.165, 1.54) is 31.0 Å². The van der Waals surface area contributed by atoms with Crippen molar-refractivity contribution in [3.05, 3.63) is 48.6 Å². The van der Waals surface area contributed by atoms with Gasteiger partial charge in [0.05, 0.1) is 33.9 Å². The molecule has 0 bridgehead atoms. The number of allylic oxidation sites excluding steroid dienone is 7. The van der Waals surface area contributed by atoms with Crippen LogP contribution in [-0.2, 0) is 37.5 Å². The third-order valence-corrected chi connectivity index (χ3v) is 8.81. The highest BCUT2D eigenvalue weighted by molar-refractivity contribution is 8.00. The van der Waals surface area contributed by atoms with Crippen molar-refractivity contribution in [2.75, 3.05) is 53.3 Å². The fourth-order valence-electron chi connectivity index (χ4n) is 3.69. The summed E-state index contributed by atoms with van der Waals surface area (Å²) in [5.74, 6) is -2.48. The van der Waals surface area contributed by atoms with E-state index in [9.17, 15) is 28.9 Å². The largest absolute Gasteiger partial charge is 0.481 e. The van der Waals surface area contributed by atoms with E-state index in [1.807, 2.05) is 39.4 Å². The molecule has 13 nitrogen and oxygen atoms in total. The Balaban J connectivity index is 5.23. The number of phosphoric ester groups is 1. The van der Waals surface area contributed by atoms with Gasteiger partial charge in [0.15, 0.2) is 6.10 Å². The fourth-order valence-corrected chi connectivity index (χ4v) is 5.56. The average molecular weight is 722 g/mol. The number of phosphoric acid groups is 1. The summed E-state index contributed by atoms with van der Waals surface area (Å²) < 4.78 is 33.0. The van der Waals surface area contributed by atoms with E-state index in [0.29, 0.717) is 11.0 Å². The summed E-state index contributed by atoms with van der Waals surface area (Å²) >= 11 is 1.19. The second kappa shape index (κ2) is 26.6. The van der Waals surface area contributed by atoms with Gasteiger partial charge in [-0.25, -0.2) is 4.57 Å². The van der Waals surface area contributed by atoms with Crippen LogP contribution in [0.4, 0.5) is 0 Å². The topological polar surface area (TPSA) is 192 Å². The predicted molar refractivity (Wildman–Crippen MR) is 188 cm³/mol. The number of unbranched alkanes of at least 4 members (excludes halogenated alkanes) is 3. The Hall–Kier alpha value is -2.29.